The van der Waals surface area contributed by atoms with Gasteiger partial charge in [0.1, 0.15) is 11.8 Å². The van der Waals surface area contributed by atoms with E-state index in [9.17, 15) is 9.59 Å². The average Bonchev–Trinajstić information content (AvgIpc) is 2.67. The molecule has 2 N–H and O–H groups in total. The molecule has 0 radical (unpaired) electrons. The van der Waals surface area contributed by atoms with Gasteiger partial charge >= 0.3 is 0 Å². The molecule has 0 saturated heterocycles. The standard InChI is InChI=1S/C22H28N2O3/c1-5-27-19-14-10-9-13-18(19)21(25)24-20(15(2)3)22(26)23-16(4)17-11-7-6-8-12-17/h6-16,20H,5H2,1-4H3,(H,23,26)(H,24,25)/t16-,20-/m0/s1. The quantitative estimate of drug-likeness (QED) is 0.746. The molecule has 0 heterocycles. The maximum Gasteiger partial charge on any atom is 0.255 e. The first kappa shape index (κ1) is 20.5. The van der Waals surface area contributed by atoms with E-state index in [2.05, 4.69) is 10.6 Å². The number of rotatable bonds is 8. The molecule has 2 amide bonds. The molecule has 0 aliphatic carbocycles. The largest absolute Gasteiger partial charge is 0.493 e. The molecule has 144 valence electrons. The Morgan fingerprint density at radius 1 is 0.926 bits per heavy atom. The van der Waals surface area contributed by atoms with Crippen LogP contribution in [-0.2, 0) is 4.79 Å². The van der Waals surface area contributed by atoms with Crippen molar-refractivity contribution in [2.75, 3.05) is 6.61 Å². The molecule has 5 heteroatoms. The van der Waals surface area contributed by atoms with Gasteiger partial charge in [0.15, 0.2) is 0 Å². The third-order valence-electron chi connectivity index (χ3n) is 4.33. The zero-order valence-corrected chi connectivity index (χ0v) is 16.4. The summed E-state index contributed by atoms with van der Waals surface area (Å²) in [6, 6.07) is 16.0. The van der Waals surface area contributed by atoms with Crippen LogP contribution in [0.2, 0.25) is 0 Å². The Labute approximate surface area is 161 Å². The number of hydrogen-bond acceptors (Lipinski definition) is 3. The molecular weight excluding hydrogens is 340 g/mol. The molecule has 2 rings (SSSR count). The van der Waals surface area contributed by atoms with E-state index in [0.717, 1.165) is 5.56 Å². The SMILES string of the molecule is CCOc1ccccc1C(=O)N[C@H](C(=O)N[C@@H](C)c1ccccc1)C(C)C. The van der Waals surface area contributed by atoms with Crippen LogP contribution in [0, 0.1) is 5.92 Å². The van der Waals surface area contributed by atoms with Gasteiger partial charge in [-0.1, -0.05) is 56.3 Å². The summed E-state index contributed by atoms with van der Waals surface area (Å²) in [5, 5.41) is 5.85. The Balaban J connectivity index is 2.11. The van der Waals surface area contributed by atoms with Gasteiger partial charge in [-0.2, -0.15) is 0 Å². The van der Waals surface area contributed by atoms with Crippen molar-refractivity contribution < 1.29 is 14.3 Å². The van der Waals surface area contributed by atoms with Gasteiger partial charge in [-0.05, 0) is 37.5 Å². The molecule has 0 unspecified atom stereocenters. The number of ether oxygens (including phenoxy) is 1. The number of amides is 2. The second-order valence-corrected chi connectivity index (χ2v) is 6.77. The summed E-state index contributed by atoms with van der Waals surface area (Å²) in [6.45, 7) is 8.08. The summed E-state index contributed by atoms with van der Waals surface area (Å²) in [4.78, 5) is 25.5. The second-order valence-electron chi connectivity index (χ2n) is 6.77. The maximum atomic E-state index is 12.8. The molecule has 0 bridgehead atoms. The van der Waals surface area contributed by atoms with Crippen LogP contribution < -0.4 is 15.4 Å². The highest BCUT2D eigenvalue weighted by atomic mass is 16.5. The molecule has 0 aromatic heterocycles. The van der Waals surface area contributed by atoms with Gasteiger partial charge in [0.2, 0.25) is 5.91 Å². The van der Waals surface area contributed by atoms with E-state index in [-0.39, 0.29) is 23.8 Å². The summed E-state index contributed by atoms with van der Waals surface area (Å²) in [6.07, 6.45) is 0. The number of carbonyl (C=O) groups is 2. The van der Waals surface area contributed by atoms with E-state index >= 15 is 0 Å². The summed E-state index contributed by atoms with van der Waals surface area (Å²) in [5.74, 6) is -0.0712. The van der Waals surface area contributed by atoms with Crippen molar-refractivity contribution in [1.82, 2.24) is 10.6 Å². The molecular formula is C22H28N2O3. The van der Waals surface area contributed by atoms with Gasteiger partial charge in [-0.3, -0.25) is 9.59 Å². The normalized spacial score (nSPS) is 12.9. The molecule has 0 spiro atoms. The Morgan fingerprint density at radius 2 is 1.56 bits per heavy atom. The smallest absolute Gasteiger partial charge is 0.255 e. The summed E-state index contributed by atoms with van der Waals surface area (Å²) < 4.78 is 5.52. The predicted molar refractivity (Wildman–Crippen MR) is 107 cm³/mol. The molecule has 0 fully saturated rings. The topological polar surface area (TPSA) is 67.4 Å². The van der Waals surface area contributed by atoms with Gasteiger partial charge in [0.25, 0.3) is 5.91 Å². The minimum atomic E-state index is -0.640. The lowest BCUT2D eigenvalue weighted by molar-refractivity contribution is -0.124. The van der Waals surface area contributed by atoms with Crippen LogP contribution >= 0.6 is 0 Å². The van der Waals surface area contributed by atoms with Crippen molar-refractivity contribution in [1.29, 1.82) is 0 Å². The van der Waals surface area contributed by atoms with E-state index in [0.29, 0.717) is 17.9 Å². The van der Waals surface area contributed by atoms with Crippen molar-refractivity contribution in [3.63, 3.8) is 0 Å². The van der Waals surface area contributed by atoms with Crippen molar-refractivity contribution in [3.05, 3.63) is 65.7 Å². The van der Waals surface area contributed by atoms with Crippen LogP contribution in [-0.4, -0.2) is 24.5 Å². The van der Waals surface area contributed by atoms with Crippen LogP contribution in [0.1, 0.15) is 49.7 Å². The monoisotopic (exact) mass is 368 g/mol. The van der Waals surface area contributed by atoms with Gasteiger partial charge < -0.3 is 15.4 Å². The van der Waals surface area contributed by atoms with E-state index < -0.39 is 6.04 Å². The summed E-state index contributed by atoms with van der Waals surface area (Å²) in [7, 11) is 0. The molecule has 0 saturated carbocycles. The first-order chi connectivity index (χ1) is 12.9. The van der Waals surface area contributed by atoms with E-state index in [4.69, 9.17) is 4.74 Å². The summed E-state index contributed by atoms with van der Waals surface area (Å²) >= 11 is 0. The fraction of sp³-hybridized carbons (Fsp3) is 0.364. The average molecular weight is 368 g/mol. The van der Waals surface area contributed by atoms with Crippen molar-refractivity contribution in [3.8, 4) is 5.75 Å². The lowest BCUT2D eigenvalue weighted by Gasteiger charge is -2.24. The van der Waals surface area contributed by atoms with E-state index in [1.54, 1.807) is 18.2 Å². The highest BCUT2D eigenvalue weighted by molar-refractivity contribution is 5.99. The minimum absolute atomic E-state index is 0.0591. The lowest BCUT2D eigenvalue weighted by atomic mass is 10.0. The molecule has 27 heavy (non-hydrogen) atoms. The number of nitrogens with one attached hydrogen (secondary N) is 2. The zero-order chi connectivity index (χ0) is 19.8. The van der Waals surface area contributed by atoms with Crippen LogP contribution in [0.5, 0.6) is 5.75 Å². The first-order valence-electron chi connectivity index (χ1n) is 9.32. The third-order valence-corrected chi connectivity index (χ3v) is 4.33. The van der Waals surface area contributed by atoms with Gasteiger partial charge in [-0.15, -0.1) is 0 Å². The van der Waals surface area contributed by atoms with Crippen molar-refractivity contribution in [2.45, 2.75) is 39.8 Å². The van der Waals surface area contributed by atoms with Gasteiger partial charge in [-0.25, -0.2) is 0 Å². The number of benzene rings is 2. The predicted octanol–water partition coefficient (Wildman–Crippen LogP) is 3.72. The number of para-hydroxylation sites is 1. The Morgan fingerprint density at radius 3 is 2.19 bits per heavy atom. The van der Waals surface area contributed by atoms with Gasteiger partial charge in [0.05, 0.1) is 18.2 Å². The molecule has 2 atom stereocenters. The third kappa shape index (κ3) is 5.58. The summed E-state index contributed by atoms with van der Waals surface area (Å²) in [5.41, 5.74) is 1.44. The second kappa shape index (κ2) is 9.76. The lowest BCUT2D eigenvalue weighted by Crippen LogP contribution is -2.50. The van der Waals surface area contributed by atoms with Crippen LogP contribution in [0.25, 0.3) is 0 Å². The van der Waals surface area contributed by atoms with Crippen molar-refractivity contribution >= 4 is 11.8 Å². The van der Waals surface area contributed by atoms with E-state index in [1.165, 1.54) is 0 Å². The highest BCUT2D eigenvalue weighted by Crippen LogP contribution is 2.19. The fourth-order valence-corrected chi connectivity index (χ4v) is 2.82. The van der Waals surface area contributed by atoms with E-state index in [1.807, 2.05) is 64.1 Å². The molecule has 0 aliphatic heterocycles. The minimum Gasteiger partial charge on any atom is -0.493 e. The Kier molecular flexibility index (Phi) is 7.41. The highest BCUT2D eigenvalue weighted by Gasteiger charge is 2.26. The number of carbonyl (C=O) groups excluding carboxylic acids is 2. The van der Waals surface area contributed by atoms with Gasteiger partial charge in [0, 0.05) is 0 Å². The first-order valence-corrected chi connectivity index (χ1v) is 9.32. The fourth-order valence-electron chi connectivity index (χ4n) is 2.82. The Bertz CT molecular complexity index is 759. The zero-order valence-electron chi connectivity index (χ0n) is 16.4. The van der Waals surface area contributed by atoms with Crippen molar-refractivity contribution in [2.24, 2.45) is 5.92 Å². The Hall–Kier alpha value is -2.82. The molecule has 2 aromatic carbocycles. The number of hydrogen-bond donors (Lipinski definition) is 2. The molecule has 5 nitrogen and oxygen atoms in total. The van der Waals surface area contributed by atoms with Crippen LogP contribution in [0.4, 0.5) is 0 Å². The van der Waals surface area contributed by atoms with Crippen LogP contribution in [0.3, 0.4) is 0 Å². The van der Waals surface area contributed by atoms with Crippen LogP contribution in [0.15, 0.2) is 54.6 Å². The molecule has 2 aromatic rings. The molecule has 0 aliphatic rings. The maximum absolute atomic E-state index is 12.8.